The van der Waals surface area contributed by atoms with Crippen molar-refractivity contribution >= 4 is 52.7 Å². The molecule has 270 valence electrons. The summed E-state index contributed by atoms with van der Waals surface area (Å²) < 4.78 is 60.7. The molecule has 2 atom stereocenters. The van der Waals surface area contributed by atoms with Crippen LogP contribution in [0.15, 0.2) is 35.3 Å². The molecule has 3 aromatic heterocycles. The van der Waals surface area contributed by atoms with Gasteiger partial charge in [-0.2, -0.15) is 18.3 Å². The van der Waals surface area contributed by atoms with Gasteiger partial charge >= 0.3 is 18.4 Å². The molecule has 3 amide bonds. The van der Waals surface area contributed by atoms with Crippen LogP contribution in [0.1, 0.15) is 69.6 Å². The lowest BCUT2D eigenvalue weighted by atomic mass is 9.93. The van der Waals surface area contributed by atoms with Gasteiger partial charge in [0.05, 0.1) is 41.4 Å². The number of amides is 3. The van der Waals surface area contributed by atoms with E-state index in [2.05, 4.69) is 31.3 Å². The van der Waals surface area contributed by atoms with Crippen molar-refractivity contribution in [3.8, 4) is 0 Å². The molecule has 17 heteroatoms. The van der Waals surface area contributed by atoms with Crippen LogP contribution < -0.4 is 26.2 Å². The van der Waals surface area contributed by atoms with Crippen LogP contribution in [-0.2, 0) is 16.5 Å². The van der Waals surface area contributed by atoms with E-state index in [1.165, 1.54) is 23.4 Å². The first-order valence-corrected chi connectivity index (χ1v) is 15.9. The first-order chi connectivity index (χ1) is 23.3. The lowest BCUT2D eigenvalue weighted by molar-refractivity contribution is -0.177. The number of ether oxygens (including phenoxy) is 2. The van der Waals surface area contributed by atoms with Gasteiger partial charge in [-0.1, -0.05) is 0 Å². The molecule has 0 unspecified atom stereocenters. The highest BCUT2D eigenvalue weighted by Crippen LogP contribution is 2.40. The van der Waals surface area contributed by atoms with Gasteiger partial charge in [0.2, 0.25) is 5.88 Å². The standard InChI is InChI=1S/C33H41F3N8O6/c1-31(2,3)49-29(46)40-21-11-20(33(34,35)36)16-44(17-21)23-8-9-37-14-22(23)41-27(45)25-26-24(48-28(25)42-30(47)50-32(4,5)6)10-18(12-38-26)19-13-39-43(7)15-19/h8-10,13-15,20-21,38H,11-12,16-17H2,1-7H3,(H,40,46)(H,41,45)(H,42,47)/t20-,21+/m1/s1. The number of fused-ring (bicyclic) bond motifs is 1. The quantitative estimate of drug-likeness (QED) is 0.231. The average Bonchev–Trinajstić information content (AvgIpc) is 3.57. The molecular weight excluding hydrogens is 661 g/mol. The van der Waals surface area contributed by atoms with Crippen LogP contribution >= 0.6 is 0 Å². The second kappa shape index (κ2) is 13.6. The van der Waals surface area contributed by atoms with Crippen molar-refractivity contribution in [2.75, 3.05) is 40.5 Å². The molecule has 50 heavy (non-hydrogen) atoms. The van der Waals surface area contributed by atoms with E-state index in [-0.39, 0.29) is 47.2 Å². The molecule has 5 heterocycles. The maximum absolute atomic E-state index is 14.1. The lowest BCUT2D eigenvalue weighted by Crippen LogP contribution is -2.54. The summed E-state index contributed by atoms with van der Waals surface area (Å²) in [6.07, 6.45) is 1.29. The Labute approximate surface area is 286 Å². The normalized spacial score (nSPS) is 18.0. The van der Waals surface area contributed by atoms with Gasteiger partial charge in [0, 0.05) is 44.6 Å². The number of hydrogen-bond acceptors (Lipinski definition) is 10. The van der Waals surface area contributed by atoms with E-state index in [1.807, 2.05) is 6.20 Å². The van der Waals surface area contributed by atoms with E-state index < -0.39 is 54.0 Å². The minimum absolute atomic E-state index is 0.00522. The third kappa shape index (κ3) is 8.87. The zero-order valence-corrected chi connectivity index (χ0v) is 28.8. The van der Waals surface area contributed by atoms with Crippen molar-refractivity contribution in [1.29, 1.82) is 0 Å². The molecule has 3 aromatic rings. The molecule has 0 bridgehead atoms. The molecule has 5 rings (SSSR count). The summed E-state index contributed by atoms with van der Waals surface area (Å²) in [5.74, 6) is -2.49. The fraction of sp³-hybridized carbons (Fsp3) is 0.485. The molecule has 2 aliphatic rings. The van der Waals surface area contributed by atoms with Crippen molar-refractivity contribution in [1.82, 2.24) is 20.1 Å². The smallest absolute Gasteiger partial charge is 0.414 e. The number of aromatic nitrogens is 3. The number of piperidine rings is 1. The van der Waals surface area contributed by atoms with Gasteiger partial charge in [-0.25, -0.2) is 9.59 Å². The Morgan fingerprint density at radius 2 is 1.70 bits per heavy atom. The summed E-state index contributed by atoms with van der Waals surface area (Å²) in [5, 5.41) is 15.2. The Morgan fingerprint density at radius 3 is 2.34 bits per heavy atom. The Balaban J connectivity index is 1.46. The number of nitrogens with one attached hydrogen (secondary N) is 4. The van der Waals surface area contributed by atoms with Crippen LogP contribution in [-0.4, -0.2) is 75.9 Å². The summed E-state index contributed by atoms with van der Waals surface area (Å²) >= 11 is 0. The lowest BCUT2D eigenvalue weighted by Gasteiger charge is -2.40. The van der Waals surface area contributed by atoms with Crippen LogP contribution in [0, 0.1) is 5.92 Å². The molecule has 0 saturated carbocycles. The molecule has 1 saturated heterocycles. The largest absolute Gasteiger partial charge is 0.444 e. The van der Waals surface area contributed by atoms with E-state index in [9.17, 15) is 27.6 Å². The maximum atomic E-state index is 14.1. The molecule has 0 radical (unpaired) electrons. The van der Waals surface area contributed by atoms with Gasteiger partial charge < -0.3 is 34.7 Å². The highest BCUT2D eigenvalue weighted by Gasteiger charge is 2.45. The minimum Gasteiger partial charge on any atom is -0.444 e. The van der Waals surface area contributed by atoms with E-state index >= 15 is 0 Å². The Hall–Kier alpha value is -5.22. The molecule has 0 spiro atoms. The van der Waals surface area contributed by atoms with Crippen LogP contribution in [0.2, 0.25) is 0 Å². The first kappa shape index (κ1) is 36.1. The fourth-order valence-corrected chi connectivity index (χ4v) is 5.65. The minimum atomic E-state index is -4.56. The molecule has 14 nitrogen and oxygen atoms in total. The van der Waals surface area contributed by atoms with Gasteiger partial charge in [-0.05, 0) is 65.7 Å². The summed E-state index contributed by atoms with van der Waals surface area (Å²) in [7, 11) is 1.78. The molecule has 2 aliphatic heterocycles. The van der Waals surface area contributed by atoms with Crippen molar-refractivity contribution in [3.05, 3.63) is 47.7 Å². The average molecular weight is 703 g/mol. The highest BCUT2D eigenvalue weighted by atomic mass is 19.4. The van der Waals surface area contributed by atoms with Crippen molar-refractivity contribution in [2.24, 2.45) is 13.0 Å². The number of carbonyl (C=O) groups is 3. The van der Waals surface area contributed by atoms with E-state index in [1.54, 1.807) is 65.5 Å². The number of rotatable bonds is 6. The predicted octanol–water partition coefficient (Wildman–Crippen LogP) is 6.26. The number of nitrogens with zero attached hydrogens (tertiary/aromatic N) is 4. The highest BCUT2D eigenvalue weighted by molar-refractivity contribution is 6.15. The molecule has 0 aromatic carbocycles. The summed E-state index contributed by atoms with van der Waals surface area (Å²) in [5.41, 5.74) is 0.464. The van der Waals surface area contributed by atoms with Crippen molar-refractivity contribution in [2.45, 2.75) is 71.4 Å². The third-order valence-electron chi connectivity index (χ3n) is 7.63. The van der Waals surface area contributed by atoms with Gasteiger partial charge in [-0.3, -0.25) is 19.8 Å². The number of alkyl carbamates (subject to hydrolysis) is 1. The van der Waals surface area contributed by atoms with E-state index in [0.29, 0.717) is 6.54 Å². The summed E-state index contributed by atoms with van der Waals surface area (Å²) in [6, 6.07) is 0.558. The van der Waals surface area contributed by atoms with Crippen LogP contribution in [0.5, 0.6) is 0 Å². The number of halogens is 3. The third-order valence-corrected chi connectivity index (χ3v) is 7.63. The van der Waals surface area contributed by atoms with E-state index in [4.69, 9.17) is 13.9 Å². The fourth-order valence-electron chi connectivity index (χ4n) is 5.65. The second-order valence-corrected chi connectivity index (χ2v) is 14.2. The second-order valence-electron chi connectivity index (χ2n) is 14.2. The van der Waals surface area contributed by atoms with Crippen molar-refractivity contribution in [3.63, 3.8) is 0 Å². The Bertz CT molecular complexity index is 1790. The van der Waals surface area contributed by atoms with Crippen molar-refractivity contribution < 1.29 is 41.4 Å². The van der Waals surface area contributed by atoms with Gasteiger partial charge in [-0.15, -0.1) is 0 Å². The number of hydrogen-bond donors (Lipinski definition) is 4. The number of alkyl halides is 3. The summed E-state index contributed by atoms with van der Waals surface area (Å²) in [6.45, 7) is 9.86. The Morgan fingerprint density at radius 1 is 1.00 bits per heavy atom. The van der Waals surface area contributed by atoms with Crippen LogP contribution in [0.4, 0.5) is 45.7 Å². The SMILES string of the molecule is Cn1cc(C2=Cc3oc(NC(=O)OC(C)(C)C)c(C(=O)Nc4cnccc4N4C[C@@H](NC(=O)OC(C)(C)C)C[C@@H](C(F)(F)F)C4)c3NC2)cn1. The predicted molar refractivity (Wildman–Crippen MR) is 180 cm³/mol. The zero-order valence-electron chi connectivity index (χ0n) is 28.8. The molecule has 4 N–H and O–H groups in total. The summed E-state index contributed by atoms with van der Waals surface area (Å²) in [4.78, 5) is 44.9. The maximum Gasteiger partial charge on any atom is 0.414 e. The van der Waals surface area contributed by atoms with Crippen LogP contribution in [0.3, 0.4) is 0 Å². The molecular formula is C33H41F3N8O6. The number of pyridine rings is 1. The number of anilines is 4. The number of aryl methyl sites for hydroxylation is 1. The number of carbonyl (C=O) groups excluding carboxylic acids is 3. The monoisotopic (exact) mass is 702 g/mol. The topological polar surface area (TPSA) is 165 Å². The Kier molecular flexibility index (Phi) is 9.80. The van der Waals surface area contributed by atoms with Gasteiger partial charge in [0.15, 0.2) is 5.76 Å². The van der Waals surface area contributed by atoms with Gasteiger partial charge in [0.25, 0.3) is 5.91 Å². The number of furan rings is 1. The zero-order chi connectivity index (χ0) is 36.6. The van der Waals surface area contributed by atoms with Crippen LogP contribution in [0.25, 0.3) is 11.6 Å². The molecule has 1 fully saturated rings. The van der Waals surface area contributed by atoms with E-state index in [0.717, 1.165) is 11.1 Å². The van der Waals surface area contributed by atoms with Gasteiger partial charge in [0.1, 0.15) is 16.8 Å². The first-order valence-electron chi connectivity index (χ1n) is 15.9. The molecule has 0 aliphatic carbocycles.